The molecule has 6 rings (SSSR count). The predicted octanol–water partition coefficient (Wildman–Crippen LogP) is 5.22. The number of benzene rings is 1. The molecule has 2 saturated carbocycles. The molecule has 4 bridgehead atoms. The number of aromatic nitrogens is 1. The summed E-state index contributed by atoms with van der Waals surface area (Å²) in [6, 6.07) is 5.08. The minimum atomic E-state index is 0.134. The maximum atomic E-state index is 11.0. The maximum Gasteiger partial charge on any atom is 0.202 e. The first kappa shape index (κ1) is 14.6. The molecule has 1 aromatic carbocycles. The van der Waals surface area contributed by atoms with Gasteiger partial charge in [-0.05, 0) is 66.5 Å². The van der Waals surface area contributed by atoms with Gasteiger partial charge in [-0.2, -0.15) is 0 Å². The highest BCUT2D eigenvalue weighted by molar-refractivity contribution is 6.34. The van der Waals surface area contributed by atoms with E-state index in [0.717, 1.165) is 17.5 Å². The fourth-order valence-electron chi connectivity index (χ4n) is 6.44. The number of rotatable bonds is 1. The number of hydrogen-bond donors (Lipinski definition) is 2. The second-order valence-electron chi connectivity index (χ2n) is 7.96. The number of hydrogen-bond acceptors (Lipinski definition) is 2. The van der Waals surface area contributed by atoms with E-state index in [1.807, 2.05) is 0 Å². The Balaban J connectivity index is 1.56. The Kier molecular flexibility index (Phi) is 2.67. The Hall–Kier alpha value is -1.58. The highest BCUT2D eigenvalue weighted by Gasteiger charge is 2.62. The van der Waals surface area contributed by atoms with Crippen LogP contribution >= 0.6 is 23.2 Å². The van der Waals surface area contributed by atoms with Gasteiger partial charge in [0.15, 0.2) is 0 Å². The van der Waals surface area contributed by atoms with Gasteiger partial charge in [0.05, 0.1) is 10.7 Å². The van der Waals surface area contributed by atoms with Crippen molar-refractivity contribution in [1.82, 2.24) is 4.57 Å². The summed E-state index contributed by atoms with van der Waals surface area (Å²) in [5, 5.41) is 23.0. The summed E-state index contributed by atoms with van der Waals surface area (Å²) in [6.07, 6.45) is 7.04. The largest absolute Gasteiger partial charge is 0.494 e. The van der Waals surface area contributed by atoms with Crippen molar-refractivity contribution >= 4 is 23.2 Å². The molecule has 0 spiro atoms. The van der Waals surface area contributed by atoms with Crippen LogP contribution in [0.15, 0.2) is 30.4 Å². The number of aromatic hydroxyl groups is 2. The van der Waals surface area contributed by atoms with Crippen LogP contribution in [0.25, 0.3) is 5.69 Å². The average Bonchev–Trinajstić information content (AvgIpc) is 3.36. The molecular weight excluding hydrogens is 357 g/mol. The lowest BCUT2D eigenvalue weighted by Crippen LogP contribution is -2.24. The van der Waals surface area contributed by atoms with Crippen LogP contribution in [0, 0.1) is 23.7 Å². The molecule has 2 aromatic rings. The second kappa shape index (κ2) is 4.57. The van der Waals surface area contributed by atoms with Gasteiger partial charge in [0.25, 0.3) is 0 Å². The van der Waals surface area contributed by atoms with Crippen molar-refractivity contribution < 1.29 is 10.2 Å². The molecule has 0 aliphatic heterocycles. The molecule has 6 atom stereocenters. The third-order valence-corrected chi connectivity index (χ3v) is 7.66. The van der Waals surface area contributed by atoms with Crippen molar-refractivity contribution in [3.63, 3.8) is 0 Å². The number of allylic oxidation sites excluding steroid dienone is 2. The normalized spacial score (nSPS) is 36.2. The highest BCUT2D eigenvalue weighted by atomic mass is 35.5. The number of fused-ring (bicyclic) bond motifs is 12. The topological polar surface area (TPSA) is 45.4 Å². The molecule has 1 aromatic heterocycles. The predicted molar refractivity (Wildman–Crippen MR) is 96.9 cm³/mol. The molecule has 0 radical (unpaired) electrons. The summed E-state index contributed by atoms with van der Waals surface area (Å²) in [4.78, 5) is 0. The fourth-order valence-corrected chi connectivity index (χ4v) is 6.81. The van der Waals surface area contributed by atoms with Gasteiger partial charge in [0.1, 0.15) is 0 Å². The van der Waals surface area contributed by atoms with E-state index in [-0.39, 0.29) is 11.8 Å². The highest BCUT2D eigenvalue weighted by Crippen LogP contribution is 2.72. The first-order chi connectivity index (χ1) is 12.1. The Labute approximate surface area is 155 Å². The third kappa shape index (κ3) is 1.60. The Morgan fingerprint density at radius 3 is 2.08 bits per heavy atom. The first-order valence-electron chi connectivity index (χ1n) is 8.86. The molecule has 128 valence electrons. The van der Waals surface area contributed by atoms with Gasteiger partial charge in [0, 0.05) is 16.1 Å². The smallest absolute Gasteiger partial charge is 0.202 e. The maximum absolute atomic E-state index is 11.0. The molecule has 3 nitrogen and oxygen atoms in total. The van der Waals surface area contributed by atoms with Crippen molar-refractivity contribution in [1.29, 1.82) is 0 Å². The fraction of sp³-hybridized carbons (Fsp3) is 0.400. The molecular formula is C20H17Cl2NO2. The van der Waals surface area contributed by atoms with E-state index in [4.69, 9.17) is 23.2 Å². The number of halogens is 2. The van der Waals surface area contributed by atoms with Gasteiger partial charge in [-0.3, -0.25) is 0 Å². The monoisotopic (exact) mass is 373 g/mol. The van der Waals surface area contributed by atoms with E-state index >= 15 is 0 Å². The van der Waals surface area contributed by atoms with Crippen molar-refractivity contribution in [2.24, 2.45) is 23.7 Å². The van der Waals surface area contributed by atoms with E-state index in [2.05, 4.69) is 12.2 Å². The van der Waals surface area contributed by atoms with E-state index < -0.39 is 0 Å². The van der Waals surface area contributed by atoms with Gasteiger partial charge in [-0.15, -0.1) is 0 Å². The van der Waals surface area contributed by atoms with Crippen LogP contribution in [-0.2, 0) is 0 Å². The van der Waals surface area contributed by atoms with E-state index in [1.165, 1.54) is 11.0 Å². The average molecular weight is 374 g/mol. The summed E-state index contributed by atoms with van der Waals surface area (Å²) in [5.41, 5.74) is 2.42. The summed E-state index contributed by atoms with van der Waals surface area (Å²) in [6.45, 7) is 0. The van der Waals surface area contributed by atoms with E-state index in [1.54, 1.807) is 18.2 Å². The Morgan fingerprint density at radius 1 is 0.880 bits per heavy atom. The van der Waals surface area contributed by atoms with Crippen LogP contribution in [0.1, 0.15) is 35.8 Å². The van der Waals surface area contributed by atoms with Gasteiger partial charge in [-0.1, -0.05) is 35.4 Å². The SMILES string of the molecule is Oc1c2c(c(O)n1-c1cc(Cl)ccc1Cl)C1CC2C2C3C=CC(C3)C12. The molecule has 4 aliphatic carbocycles. The lowest BCUT2D eigenvalue weighted by molar-refractivity contribution is 0.298. The number of nitrogens with zero attached hydrogens (tertiary/aromatic N) is 1. The van der Waals surface area contributed by atoms with Crippen molar-refractivity contribution in [3.05, 3.63) is 51.5 Å². The standard InChI is InChI=1S/C20H17Cl2NO2/c21-10-3-4-13(22)14(6-10)23-19(24)17-11-7-12(18(17)20(23)25)16-9-2-1-8(5-9)15(11)16/h1-4,6,8-9,11-12,15-16,24-25H,5,7H2. The van der Waals surface area contributed by atoms with E-state index in [9.17, 15) is 10.2 Å². The molecule has 25 heavy (non-hydrogen) atoms. The molecule has 0 amide bonds. The lowest BCUT2D eigenvalue weighted by Gasteiger charge is -2.31. The Bertz CT molecular complexity index is 916. The van der Waals surface area contributed by atoms with Gasteiger partial charge in [0.2, 0.25) is 11.8 Å². The quantitative estimate of drug-likeness (QED) is 0.531. The zero-order valence-corrected chi connectivity index (χ0v) is 14.9. The molecule has 5 heteroatoms. The van der Waals surface area contributed by atoms with Crippen LogP contribution in [0.2, 0.25) is 10.0 Å². The Morgan fingerprint density at radius 2 is 1.48 bits per heavy atom. The zero-order chi connectivity index (χ0) is 17.0. The van der Waals surface area contributed by atoms with Gasteiger partial charge in [-0.25, -0.2) is 4.57 Å². The van der Waals surface area contributed by atoms with Crippen LogP contribution in [0.4, 0.5) is 0 Å². The first-order valence-corrected chi connectivity index (χ1v) is 9.62. The van der Waals surface area contributed by atoms with Crippen LogP contribution in [0.3, 0.4) is 0 Å². The van der Waals surface area contributed by atoms with Crippen molar-refractivity contribution in [3.8, 4) is 17.4 Å². The van der Waals surface area contributed by atoms with E-state index in [0.29, 0.717) is 51.2 Å². The zero-order valence-electron chi connectivity index (χ0n) is 13.4. The summed E-state index contributed by atoms with van der Waals surface area (Å²) in [7, 11) is 0. The summed E-state index contributed by atoms with van der Waals surface area (Å²) in [5.74, 6) is 3.46. The van der Waals surface area contributed by atoms with Crippen LogP contribution in [-0.4, -0.2) is 14.8 Å². The molecule has 1 heterocycles. The molecule has 2 fully saturated rings. The third-order valence-electron chi connectivity index (χ3n) is 7.11. The molecule has 6 unspecified atom stereocenters. The van der Waals surface area contributed by atoms with Gasteiger partial charge >= 0.3 is 0 Å². The van der Waals surface area contributed by atoms with Gasteiger partial charge < -0.3 is 10.2 Å². The summed E-state index contributed by atoms with van der Waals surface area (Å²) >= 11 is 12.4. The summed E-state index contributed by atoms with van der Waals surface area (Å²) < 4.78 is 1.48. The van der Waals surface area contributed by atoms with Crippen molar-refractivity contribution in [2.45, 2.75) is 24.7 Å². The second-order valence-corrected chi connectivity index (χ2v) is 8.80. The van der Waals surface area contributed by atoms with Crippen LogP contribution < -0.4 is 0 Å². The molecule has 0 saturated heterocycles. The van der Waals surface area contributed by atoms with Crippen LogP contribution in [0.5, 0.6) is 11.8 Å². The minimum absolute atomic E-state index is 0.134. The minimum Gasteiger partial charge on any atom is -0.494 e. The van der Waals surface area contributed by atoms with Crippen molar-refractivity contribution in [2.75, 3.05) is 0 Å². The molecule has 2 N–H and O–H groups in total. The lowest BCUT2D eigenvalue weighted by atomic mass is 9.72. The molecule has 4 aliphatic rings.